The van der Waals surface area contributed by atoms with Crippen LogP contribution in [-0.4, -0.2) is 22.6 Å². The maximum Gasteiger partial charge on any atom is 0.303 e. The SMILES string of the molecule is O=C(O)CC1CCNC1c1ccncc1. The fourth-order valence-corrected chi connectivity index (χ4v) is 2.16. The largest absolute Gasteiger partial charge is 0.481 e. The van der Waals surface area contributed by atoms with Crippen molar-refractivity contribution in [3.8, 4) is 0 Å². The summed E-state index contributed by atoms with van der Waals surface area (Å²) in [5.74, 6) is -0.521. The van der Waals surface area contributed by atoms with Gasteiger partial charge in [-0.15, -0.1) is 0 Å². The Morgan fingerprint density at radius 1 is 1.53 bits per heavy atom. The highest BCUT2D eigenvalue weighted by atomic mass is 16.4. The van der Waals surface area contributed by atoms with Gasteiger partial charge >= 0.3 is 5.97 Å². The molecule has 1 aromatic rings. The van der Waals surface area contributed by atoms with E-state index in [0.717, 1.165) is 18.5 Å². The highest BCUT2D eigenvalue weighted by molar-refractivity contribution is 5.67. The minimum Gasteiger partial charge on any atom is -0.481 e. The summed E-state index contributed by atoms with van der Waals surface area (Å²) >= 11 is 0. The monoisotopic (exact) mass is 206 g/mol. The average molecular weight is 206 g/mol. The van der Waals surface area contributed by atoms with E-state index >= 15 is 0 Å². The molecule has 0 aromatic carbocycles. The first-order chi connectivity index (χ1) is 7.27. The standard InChI is InChI=1S/C11H14N2O2/c14-10(15)7-9-3-6-13-11(9)8-1-4-12-5-2-8/h1-2,4-5,9,11,13H,3,6-7H2,(H,14,15). The summed E-state index contributed by atoms with van der Waals surface area (Å²) in [7, 11) is 0. The van der Waals surface area contributed by atoms with E-state index in [-0.39, 0.29) is 18.4 Å². The van der Waals surface area contributed by atoms with Crippen molar-refractivity contribution in [2.75, 3.05) is 6.54 Å². The second kappa shape index (κ2) is 4.40. The van der Waals surface area contributed by atoms with Crippen molar-refractivity contribution < 1.29 is 9.90 Å². The zero-order chi connectivity index (χ0) is 10.7. The van der Waals surface area contributed by atoms with E-state index in [9.17, 15) is 4.79 Å². The number of carboxylic acids is 1. The Morgan fingerprint density at radius 2 is 2.27 bits per heavy atom. The molecule has 1 aliphatic rings. The first-order valence-electron chi connectivity index (χ1n) is 5.12. The van der Waals surface area contributed by atoms with Crippen molar-refractivity contribution >= 4 is 5.97 Å². The van der Waals surface area contributed by atoms with Crippen molar-refractivity contribution in [3.63, 3.8) is 0 Å². The summed E-state index contributed by atoms with van der Waals surface area (Å²) in [6, 6.07) is 4.06. The van der Waals surface area contributed by atoms with Crippen LogP contribution in [0.1, 0.15) is 24.4 Å². The minimum absolute atomic E-state index is 0.170. The summed E-state index contributed by atoms with van der Waals surface area (Å²) < 4.78 is 0. The Hall–Kier alpha value is -1.42. The van der Waals surface area contributed by atoms with E-state index in [1.54, 1.807) is 12.4 Å². The smallest absolute Gasteiger partial charge is 0.303 e. The summed E-state index contributed by atoms with van der Waals surface area (Å²) in [6.45, 7) is 0.894. The minimum atomic E-state index is -0.720. The molecule has 0 saturated carbocycles. The Labute approximate surface area is 88.3 Å². The molecule has 1 aliphatic heterocycles. The summed E-state index contributed by atoms with van der Waals surface area (Å²) in [5.41, 5.74) is 1.13. The van der Waals surface area contributed by atoms with Crippen molar-refractivity contribution in [2.24, 2.45) is 5.92 Å². The molecule has 80 valence electrons. The van der Waals surface area contributed by atoms with Crippen LogP contribution < -0.4 is 5.32 Å². The maximum atomic E-state index is 10.7. The third-order valence-electron chi connectivity index (χ3n) is 2.85. The maximum absolute atomic E-state index is 10.7. The second-order valence-corrected chi connectivity index (χ2v) is 3.86. The third-order valence-corrected chi connectivity index (χ3v) is 2.85. The number of carbonyl (C=O) groups is 1. The molecule has 1 fully saturated rings. The van der Waals surface area contributed by atoms with Crippen LogP contribution in [0.15, 0.2) is 24.5 Å². The van der Waals surface area contributed by atoms with E-state index < -0.39 is 5.97 Å². The number of nitrogens with one attached hydrogen (secondary N) is 1. The van der Waals surface area contributed by atoms with Crippen LogP contribution in [0.3, 0.4) is 0 Å². The molecule has 2 rings (SSSR count). The van der Waals surface area contributed by atoms with Gasteiger partial charge < -0.3 is 10.4 Å². The number of hydrogen-bond donors (Lipinski definition) is 2. The van der Waals surface area contributed by atoms with Crippen LogP contribution in [0, 0.1) is 5.92 Å². The zero-order valence-electron chi connectivity index (χ0n) is 8.39. The van der Waals surface area contributed by atoms with E-state index in [2.05, 4.69) is 10.3 Å². The quantitative estimate of drug-likeness (QED) is 0.780. The molecule has 1 aromatic heterocycles. The number of carboxylic acid groups (broad SMARTS) is 1. The van der Waals surface area contributed by atoms with Crippen LogP contribution >= 0.6 is 0 Å². The normalized spacial score (nSPS) is 25.3. The molecule has 0 amide bonds. The Morgan fingerprint density at radius 3 is 2.93 bits per heavy atom. The molecular formula is C11H14N2O2. The summed E-state index contributed by atoms with van der Waals surface area (Å²) in [4.78, 5) is 14.7. The van der Waals surface area contributed by atoms with Gasteiger partial charge in [-0.05, 0) is 36.6 Å². The fourth-order valence-electron chi connectivity index (χ4n) is 2.16. The van der Waals surface area contributed by atoms with E-state index in [4.69, 9.17) is 5.11 Å². The molecule has 1 saturated heterocycles. The fraction of sp³-hybridized carbons (Fsp3) is 0.455. The van der Waals surface area contributed by atoms with E-state index in [1.165, 1.54) is 0 Å². The first-order valence-corrected chi connectivity index (χ1v) is 5.12. The number of pyridine rings is 1. The first kappa shape index (κ1) is 10.1. The van der Waals surface area contributed by atoms with Gasteiger partial charge in [-0.25, -0.2) is 0 Å². The van der Waals surface area contributed by atoms with Gasteiger partial charge in [0.2, 0.25) is 0 Å². The Bertz CT molecular complexity index is 340. The zero-order valence-corrected chi connectivity index (χ0v) is 8.39. The number of rotatable bonds is 3. The van der Waals surface area contributed by atoms with E-state index in [0.29, 0.717) is 0 Å². The van der Waals surface area contributed by atoms with Crippen molar-refractivity contribution in [1.82, 2.24) is 10.3 Å². The number of hydrogen-bond acceptors (Lipinski definition) is 3. The van der Waals surface area contributed by atoms with Crippen LogP contribution in [0.5, 0.6) is 0 Å². The van der Waals surface area contributed by atoms with Crippen molar-refractivity contribution in [3.05, 3.63) is 30.1 Å². The van der Waals surface area contributed by atoms with Gasteiger partial charge in [0.15, 0.2) is 0 Å². The molecule has 0 bridgehead atoms. The molecule has 0 aliphatic carbocycles. The number of aromatic nitrogens is 1. The van der Waals surface area contributed by atoms with Crippen molar-refractivity contribution in [1.29, 1.82) is 0 Å². The molecule has 4 heteroatoms. The van der Waals surface area contributed by atoms with Gasteiger partial charge in [-0.1, -0.05) is 0 Å². The van der Waals surface area contributed by atoms with Gasteiger partial charge in [-0.2, -0.15) is 0 Å². The lowest BCUT2D eigenvalue weighted by atomic mass is 9.92. The highest BCUT2D eigenvalue weighted by Gasteiger charge is 2.29. The van der Waals surface area contributed by atoms with Crippen LogP contribution in [0.4, 0.5) is 0 Å². The second-order valence-electron chi connectivity index (χ2n) is 3.86. The molecule has 2 heterocycles. The third kappa shape index (κ3) is 2.33. The van der Waals surface area contributed by atoms with Crippen LogP contribution in [-0.2, 0) is 4.79 Å². The summed E-state index contributed by atoms with van der Waals surface area (Å²) in [5, 5.41) is 12.1. The topological polar surface area (TPSA) is 62.2 Å². The van der Waals surface area contributed by atoms with Gasteiger partial charge in [0.1, 0.15) is 0 Å². The van der Waals surface area contributed by atoms with Gasteiger partial charge in [0, 0.05) is 18.4 Å². The molecule has 0 radical (unpaired) electrons. The van der Waals surface area contributed by atoms with Crippen LogP contribution in [0.2, 0.25) is 0 Å². The van der Waals surface area contributed by atoms with Crippen molar-refractivity contribution in [2.45, 2.75) is 18.9 Å². The highest BCUT2D eigenvalue weighted by Crippen LogP contribution is 2.31. The Kier molecular flexibility index (Phi) is 2.97. The van der Waals surface area contributed by atoms with Crippen LogP contribution in [0.25, 0.3) is 0 Å². The lowest BCUT2D eigenvalue weighted by molar-refractivity contribution is -0.138. The Balaban J connectivity index is 2.11. The molecule has 2 unspecified atom stereocenters. The number of nitrogens with zero attached hydrogens (tertiary/aromatic N) is 1. The molecule has 2 atom stereocenters. The lowest BCUT2D eigenvalue weighted by Crippen LogP contribution is -2.19. The molecular weight excluding hydrogens is 192 g/mol. The predicted octanol–water partition coefficient (Wildman–Crippen LogP) is 1.21. The summed E-state index contributed by atoms with van der Waals surface area (Å²) in [6.07, 6.45) is 4.65. The van der Waals surface area contributed by atoms with Gasteiger partial charge in [0.25, 0.3) is 0 Å². The molecule has 2 N–H and O–H groups in total. The number of aliphatic carboxylic acids is 1. The average Bonchev–Trinajstić information content (AvgIpc) is 2.66. The molecule has 0 spiro atoms. The molecule has 4 nitrogen and oxygen atoms in total. The lowest BCUT2D eigenvalue weighted by Gasteiger charge is -2.17. The molecule has 15 heavy (non-hydrogen) atoms. The predicted molar refractivity (Wildman–Crippen MR) is 55.3 cm³/mol. The van der Waals surface area contributed by atoms with E-state index in [1.807, 2.05) is 12.1 Å². The van der Waals surface area contributed by atoms with Gasteiger partial charge in [0.05, 0.1) is 6.42 Å². The van der Waals surface area contributed by atoms with Gasteiger partial charge in [-0.3, -0.25) is 9.78 Å².